The smallest absolute Gasteiger partial charge is 0.325 e. The summed E-state index contributed by atoms with van der Waals surface area (Å²) in [4.78, 5) is 39.1. The lowest BCUT2D eigenvalue weighted by Crippen LogP contribution is -2.43. The van der Waals surface area contributed by atoms with E-state index in [0.717, 1.165) is 14.2 Å². The first-order valence-corrected chi connectivity index (χ1v) is 9.27. The molecule has 8 heteroatoms. The third kappa shape index (κ3) is 3.45. The predicted octanol–water partition coefficient (Wildman–Crippen LogP) is 2.59. The van der Waals surface area contributed by atoms with Crippen LogP contribution in [0.4, 0.5) is 4.79 Å². The summed E-state index contributed by atoms with van der Waals surface area (Å²) in [5, 5.41) is 7.33. The second kappa shape index (κ2) is 6.97. The molecule has 0 unspecified atom stereocenters. The first-order chi connectivity index (χ1) is 11.9. The average molecular weight is 422 g/mol. The van der Waals surface area contributed by atoms with Crippen LogP contribution in [-0.2, 0) is 21.7 Å². The maximum absolute atomic E-state index is 12.8. The first kappa shape index (κ1) is 17.6. The van der Waals surface area contributed by atoms with Gasteiger partial charge in [-0.1, -0.05) is 40.2 Å². The number of carbonyl (C=O) groups is 3. The molecule has 0 spiro atoms. The summed E-state index contributed by atoms with van der Waals surface area (Å²) in [5.74, 6) is -0.830. The number of nitrogens with one attached hydrogen (secondary N) is 2. The van der Waals surface area contributed by atoms with Gasteiger partial charge in [0.05, 0.1) is 6.54 Å². The molecular weight excluding hydrogens is 406 g/mol. The Kier molecular flexibility index (Phi) is 4.91. The van der Waals surface area contributed by atoms with E-state index >= 15 is 0 Å². The van der Waals surface area contributed by atoms with Crippen molar-refractivity contribution in [2.45, 2.75) is 19.0 Å². The zero-order valence-corrected chi connectivity index (χ0v) is 15.8. The Morgan fingerprint density at radius 3 is 2.72 bits per heavy atom. The summed E-state index contributed by atoms with van der Waals surface area (Å²) in [5.41, 5.74) is -0.555. The van der Waals surface area contributed by atoms with Crippen molar-refractivity contribution in [2.75, 3.05) is 6.54 Å². The number of nitrogens with zero attached hydrogens (tertiary/aromatic N) is 1. The molecule has 25 heavy (non-hydrogen) atoms. The Hall–Kier alpha value is -2.19. The Morgan fingerprint density at radius 2 is 2.04 bits per heavy atom. The quantitative estimate of drug-likeness (QED) is 0.728. The largest absolute Gasteiger partial charge is 0.350 e. The van der Waals surface area contributed by atoms with Crippen LogP contribution in [0.25, 0.3) is 0 Å². The van der Waals surface area contributed by atoms with Gasteiger partial charge in [-0.3, -0.25) is 14.5 Å². The Morgan fingerprint density at radius 1 is 1.28 bits per heavy atom. The molecule has 0 radical (unpaired) electrons. The lowest BCUT2D eigenvalue weighted by Gasteiger charge is -2.23. The summed E-state index contributed by atoms with van der Waals surface area (Å²) in [6.45, 7) is 1.70. The number of benzene rings is 1. The number of halogens is 1. The van der Waals surface area contributed by atoms with Gasteiger partial charge in [-0.2, -0.15) is 0 Å². The van der Waals surface area contributed by atoms with Crippen molar-refractivity contribution in [1.82, 2.24) is 15.5 Å². The SMILES string of the molecule is C[C@]1(c2ccccc2Br)NC(=O)N(CC(=O)NCc2cccs2)C1=O. The molecule has 2 aromatic rings. The molecule has 1 aromatic heterocycles. The predicted molar refractivity (Wildman–Crippen MR) is 97.9 cm³/mol. The molecular formula is C17H16BrN3O3S. The Labute approximate surface area is 157 Å². The van der Waals surface area contributed by atoms with E-state index in [9.17, 15) is 14.4 Å². The van der Waals surface area contributed by atoms with Crippen LogP contribution in [0.3, 0.4) is 0 Å². The zero-order chi connectivity index (χ0) is 18.0. The number of rotatable bonds is 5. The van der Waals surface area contributed by atoms with E-state index in [1.807, 2.05) is 23.6 Å². The van der Waals surface area contributed by atoms with Gasteiger partial charge in [0, 0.05) is 14.9 Å². The van der Waals surface area contributed by atoms with Gasteiger partial charge in [0.15, 0.2) is 0 Å². The summed E-state index contributed by atoms with van der Waals surface area (Å²) in [6, 6.07) is 10.4. The minimum absolute atomic E-state index is 0.309. The first-order valence-electron chi connectivity index (χ1n) is 7.60. The molecule has 0 saturated carbocycles. The average Bonchev–Trinajstić information content (AvgIpc) is 3.17. The molecule has 2 N–H and O–H groups in total. The molecule has 2 heterocycles. The van der Waals surface area contributed by atoms with Gasteiger partial charge in [-0.15, -0.1) is 11.3 Å². The molecule has 1 aromatic carbocycles. The molecule has 4 amide bonds. The van der Waals surface area contributed by atoms with E-state index < -0.39 is 17.5 Å². The molecule has 0 bridgehead atoms. The van der Waals surface area contributed by atoms with E-state index in [0.29, 0.717) is 12.1 Å². The number of urea groups is 1. The standard InChI is InChI=1S/C17H16BrN3O3S/c1-17(12-6-2-3-7-13(12)18)15(23)21(16(24)20-17)10-14(22)19-9-11-5-4-8-25-11/h2-8H,9-10H2,1H3,(H,19,22)(H,20,24)/t17-/m1/s1. The molecule has 130 valence electrons. The van der Waals surface area contributed by atoms with Gasteiger partial charge in [0.1, 0.15) is 12.1 Å². The van der Waals surface area contributed by atoms with E-state index in [1.165, 1.54) is 11.3 Å². The van der Waals surface area contributed by atoms with Gasteiger partial charge in [-0.25, -0.2) is 4.79 Å². The number of amides is 4. The molecule has 1 saturated heterocycles. The summed E-state index contributed by atoms with van der Waals surface area (Å²) in [6.07, 6.45) is 0. The Balaban J connectivity index is 1.71. The summed E-state index contributed by atoms with van der Waals surface area (Å²) >= 11 is 4.93. The van der Waals surface area contributed by atoms with E-state index in [-0.39, 0.29) is 12.5 Å². The highest BCUT2D eigenvalue weighted by Gasteiger charge is 2.50. The Bertz CT molecular complexity index is 824. The monoisotopic (exact) mass is 421 g/mol. The van der Waals surface area contributed by atoms with Crippen LogP contribution in [-0.4, -0.2) is 29.3 Å². The molecule has 0 aliphatic carbocycles. The van der Waals surface area contributed by atoms with Crippen molar-refractivity contribution < 1.29 is 14.4 Å². The van der Waals surface area contributed by atoms with Gasteiger partial charge in [0.2, 0.25) is 5.91 Å². The van der Waals surface area contributed by atoms with Gasteiger partial charge in [-0.05, 0) is 24.4 Å². The lowest BCUT2D eigenvalue weighted by atomic mass is 9.92. The molecule has 3 rings (SSSR count). The number of hydrogen-bond acceptors (Lipinski definition) is 4. The maximum atomic E-state index is 12.8. The van der Waals surface area contributed by atoms with Crippen molar-refractivity contribution in [3.63, 3.8) is 0 Å². The molecule has 1 aliphatic heterocycles. The number of thiophene rings is 1. The van der Waals surface area contributed by atoms with Crippen molar-refractivity contribution in [3.05, 3.63) is 56.7 Å². The van der Waals surface area contributed by atoms with Crippen molar-refractivity contribution in [2.24, 2.45) is 0 Å². The zero-order valence-electron chi connectivity index (χ0n) is 13.4. The number of hydrogen-bond donors (Lipinski definition) is 2. The third-order valence-corrected chi connectivity index (χ3v) is 5.60. The fraction of sp³-hybridized carbons (Fsp3) is 0.235. The van der Waals surface area contributed by atoms with Crippen molar-refractivity contribution >= 4 is 45.1 Å². The van der Waals surface area contributed by atoms with Crippen LogP contribution in [0.5, 0.6) is 0 Å². The van der Waals surface area contributed by atoms with Crippen molar-refractivity contribution in [3.8, 4) is 0 Å². The highest BCUT2D eigenvalue weighted by Crippen LogP contribution is 2.33. The fourth-order valence-corrected chi connectivity index (χ4v) is 4.01. The molecule has 6 nitrogen and oxygen atoms in total. The second-order valence-electron chi connectivity index (χ2n) is 5.78. The van der Waals surface area contributed by atoms with Crippen LogP contribution < -0.4 is 10.6 Å². The molecule has 1 aliphatic rings. The van der Waals surface area contributed by atoms with Crippen molar-refractivity contribution in [1.29, 1.82) is 0 Å². The highest BCUT2D eigenvalue weighted by molar-refractivity contribution is 9.10. The minimum atomic E-state index is -1.20. The third-order valence-electron chi connectivity index (χ3n) is 4.03. The normalized spacial score (nSPS) is 19.8. The maximum Gasteiger partial charge on any atom is 0.325 e. The van der Waals surface area contributed by atoms with Crippen LogP contribution in [0.2, 0.25) is 0 Å². The van der Waals surface area contributed by atoms with Gasteiger partial charge in [0.25, 0.3) is 5.91 Å². The van der Waals surface area contributed by atoms with Gasteiger partial charge < -0.3 is 10.6 Å². The minimum Gasteiger partial charge on any atom is -0.350 e. The van der Waals surface area contributed by atoms with E-state index in [2.05, 4.69) is 26.6 Å². The van der Waals surface area contributed by atoms with Crippen LogP contribution in [0, 0.1) is 0 Å². The lowest BCUT2D eigenvalue weighted by molar-refractivity contribution is -0.134. The number of imide groups is 1. The molecule has 1 atom stereocenters. The van der Waals surface area contributed by atoms with E-state index in [1.54, 1.807) is 25.1 Å². The van der Waals surface area contributed by atoms with Crippen LogP contribution in [0.1, 0.15) is 17.4 Å². The summed E-state index contributed by atoms with van der Waals surface area (Å²) in [7, 11) is 0. The van der Waals surface area contributed by atoms with Crippen LogP contribution >= 0.6 is 27.3 Å². The molecule has 1 fully saturated rings. The highest BCUT2D eigenvalue weighted by atomic mass is 79.9. The topological polar surface area (TPSA) is 78.5 Å². The summed E-state index contributed by atoms with van der Waals surface area (Å²) < 4.78 is 0.718. The second-order valence-corrected chi connectivity index (χ2v) is 7.67. The number of carbonyl (C=O) groups excluding carboxylic acids is 3. The van der Waals surface area contributed by atoms with E-state index in [4.69, 9.17) is 0 Å². The van der Waals surface area contributed by atoms with Crippen LogP contribution in [0.15, 0.2) is 46.3 Å². The fourth-order valence-electron chi connectivity index (χ4n) is 2.69. The van der Waals surface area contributed by atoms with Gasteiger partial charge >= 0.3 is 6.03 Å².